The van der Waals surface area contributed by atoms with E-state index in [1.807, 2.05) is 23.7 Å². The summed E-state index contributed by atoms with van der Waals surface area (Å²) in [5.41, 5.74) is 7.55. The number of sulfonamides is 1. The summed E-state index contributed by atoms with van der Waals surface area (Å²) in [6.07, 6.45) is 4.01. The van der Waals surface area contributed by atoms with Crippen molar-refractivity contribution in [1.29, 1.82) is 5.41 Å². The maximum atomic E-state index is 13.1. The molecule has 0 bridgehead atoms. The van der Waals surface area contributed by atoms with Gasteiger partial charge in [-0.3, -0.25) is 0 Å². The molecule has 1 aliphatic rings. The zero-order chi connectivity index (χ0) is 26.5. The summed E-state index contributed by atoms with van der Waals surface area (Å²) >= 11 is 0. The molecular weight excluding hydrogens is 503 g/mol. The van der Waals surface area contributed by atoms with Crippen molar-refractivity contribution in [2.45, 2.75) is 12.5 Å². The Morgan fingerprint density at radius 3 is 1.76 bits per heavy atom. The van der Waals surface area contributed by atoms with E-state index in [4.69, 9.17) is 11.1 Å². The van der Waals surface area contributed by atoms with Gasteiger partial charge < -0.3 is 0 Å². The fourth-order valence-corrected chi connectivity index (χ4v) is 11.9. The SMILES string of the molecule is CP(CCCNS(=O)(=O)C1=CC=C(N)C(NO)C1=N)(c1ccccc1)(c1ccccc1)c1ccccc1. The van der Waals surface area contributed by atoms with Crippen LogP contribution in [0.25, 0.3) is 0 Å². The van der Waals surface area contributed by atoms with Gasteiger partial charge in [0.1, 0.15) is 0 Å². The summed E-state index contributed by atoms with van der Waals surface area (Å²) in [5.74, 6) is 0. The van der Waals surface area contributed by atoms with Gasteiger partial charge in [0.25, 0.3) is 0 Å². The monoisotopic (exact) mass is 536 g/mol. The summed E-state index contributed by atoms with van der Waals surface area (Å²) in [7, 11) is -3.98. The number of allylic oxidation sites excluding steroid dienone is 2. The second-order valence-electron chi connectivity index (χ2n) is 9.45. The van der Waals surface area contributed by atoms with Crippen molar-refractivity contribution in [3.63, 3.8) is 0 Å². The maximum absolute atomic E-state index is 13.1. The Labute approximate surface area is 218 Å². The predicted molar refractivity (Wildman–Crippen MR) is 154 cm³/mol. The van der Waals surface area contributed by atoms with Crippen LogP contribution < -0.4 is 31.8 Å². The van der Waals surface area contributed by atoms with Crippen molar-refractivity contribution in [3.8, 4) is 0 Å². The van der Waals surface area contributed by atoms with E-state index in [0.29, 0.717) is 6.42 Å². The molecule has 37 heavy (non-hydrogen) atoms. The number of hydroxylamine groups is 1. The molecule has 1 unspecified atom stereocenters. The van der Waals surface area contributed by atoms with Gasteiger partial charge in [0.05, 0.1) is 0 Å². The van der Waals surface area contributed by atoms with Crippen LogP contribution in [0, 0.1) is 5.41 Å². The fourth-order valence-electron chi connectivity index (χ4n) is 5.13. The Morgan fingerprint density at radius 1 is 0.865 bits per heavy atom. The van der Waals surface area contributed by atoms with Crippen molar-refractivity contribution >= 4 is 38.3 Å². The van der Waals surface area contributed by atoms with E-state index in [1.165, 1.54) is 28.1 Å². The summed E-state index contributed by atoms with van der Waals surface area (Å²) in [6.45, 7) is -0.429. The molecule has 0 spiro atoms. The third-order valence-electron chi connectivity index (χ3n) is 7.28. The molecule has 7 nitrogen and oxygen atoms in total. The van der Waals surface area contributed by atoms with E-state index in [9.17, 15) is 13.6 Å². The van der Waals surface area contributed by atoms with Crippen LogP contribution in [0.5, 0.6) is 0 Å². The molecule has 3 aromatic rings. The van der Waals surface area contributed by atoms with E-state index in [-0.39, 0.29) is 22.9 Å². The van der Waals surface area contributed by atoms with Gasteiger partial charge in [0.15, 0.2) is 0 Å². The molecule has 1 atom stereocenters. The second kappa shape index (κ2) is 10.7. The third-order valence-corrected chi connectivity index (χ3v) is 15.3. The number of nitrogens with one attached hydrogen (secondary N) is 3. The van der Waals surface area contributed by atoms with Crippen LogP contribution in [-0.4, -0.2) is 44.8 Å². The Kier molecular flexibility index (Phi) is 7.78. The van der Waals surface area contributed by atoms with Gasteiger partial charge in [-0.1, -0.05) is 0 Å². The van der Waals surface area contributed by atoms with Crippen molar-refractivity contribution in [1.82, 2.24) is 10.2 Å². The number of hydrogen-bond donors (Lipinski definition) is 5. The molecule has 194 valence electrons. The van der Waals surface area contributed by atoms with Crippen LogP contribution >= 0.6 is 6.60 Å². The van der Waals surface area contributed by atoms with Crippen LogP contribution in [0.2, 0.25) is 0 Å². The van der Waals surface area contributed by atoms with Crippen LogP contribution in [0.15, 0.2) is 114 Å². The summed E-state index contributed by atoms with van der Waals surface area (Å²) < 4.78 is 28.8. The molecule has 1 aliphatic carbocycles. The van der Waals surface area contributed by atoms with Gasteiger partial charge >= 0.3 is 219 Å². The number of hydrogen-bond acceptors (Lipinski definition) is 6. The molecule has 4 rings (SSSR count). The Morgan fingerprint density at radius 2 is 1.32 bits per heavy atom. The Balaban J connectivity index is 1.67. The van der Waals surface area contributed by atoms with Gasteiger partial charge in [-0.25, -0.2) is 0 Å². The molecule has 6 N–H and O–H groups in total. The third kappa shape index (κ3) is 4.91. The van der Waals surface area contributed by atoms with E-state index < -0.39 is 22.7 Å². The van der Waals surface area contributed by atoms with Crippen LogP contribution in [0.4, 0.5) is 0 Å². The Bertz CT molecular complexity index is 1330. The molecule has 0 saturated carbocycles. The van der Waals surface area contributed by atoms with E-state index >= 15 is 0 Å². The summed E-state index contributed by atoms with van der Waals surface area (Å²) in [4.78, 5) is -0.212. The van der Waals surface area contributed by atoms with Crippen molar-refractivity contribution in [2.24, 2.45) is 5.73 Å². The first-order valence-corrected chi connectivity index (χ1v) is 16.4. The average molecular weight is 537 g/mol. The first-order valence-electron chi connectivity index (χ1n) is 12.1. The van der Waals surface area contributed by atoms with E-state index in [1.54, 1.807) is 0 Å². The first kappa shape index (κ1) is 26.9. The van der Waals surface area contributed by atoms with Crippen molar-refractivity contribution < 1.29 is 13.6 Å². The van der Waals surface area contributed by atoms with Crippen LogP contribution in [0.3, 0.4) is 0 Å². The van der Waals surface area contributed by atoms with Crippen LogP contribution in [0.1, 0.15) is 6.42 Å². The molecule has 0 fully saturated rings. The number of rotatable bonds is 10. The average Bonchev–Trinajstić information content (AvgIpc) is 2.93. The van der Waals surface area contributed by atoms with Gasteiger partial charge in [-0.2, -0.15) is 0 Å². The minimum atomic E-state index is -3.98. The standard InChI is InChI=1S/C28H33N4O3PS/c1-36(22-12-5-2-6-13-22,23-14-7-3-8-15-23,24-16-9-4-10-17-24)21-11-20-31-37(34,35)26-19-18-25(29)28(32-33)27(26)30/h2-10,12-19,28,30-33H,11,20-21,29H2,1H3. The van der Waals surface area contributed by atoms with Gasteiger partial charge in [-0.05, 0) is 0 Å². The number of nitrogens with two attached hydrogens (primary N) is 1. The minimum absolute atomic E-state index is 0.170. The predicted octanol–water partition coefficient (Wildman–Crippen LogP) is 2.56. The molecule has 0 heterocycles. The topological polar surface area (TPSA) is 128 Å². The molecule has 0 saturated heterocycles. The molecule has 0 amide bonds. The van der Waals surface area contributed by atoms with Crippen LogP contribution in [-0.2, 0) is 10.0 Å². The molecule has 0 aliphatic heterocycles. The molecule has 0 aromatic heterocycles. The van der Waals surface area contributed by atoms with E-state index in [2.05, 4.69) is 84.2 Å². The normalized spacial score (nSPS) is 17.4. The van der Waals surface area contributed by atoms with Gasteiger partial charge in [-0.15, -0.1) is 0 Å². The Hall–Kier alpha value is -3.13. The van der Waals surface area contributed by atoms with Crippen molar-refractivity contribution in [3.05, 3.63) is 114 Å². The first-order chi connectivity index (χ1) is 17.7. The van der Waals surface area contributed by atoms with Crippen molar-refractivity contribution in [2.75, 3.05) is 19.4 Å². The van der Waals surface area contributed by atoms with E-state index in [0.717, 1.165) is 6.16 Å². The molecular formula is C28H33N4O3PS. The van der Waals surface area contributed by atoms with Gasteiger partial charge in [0, 0.05) is 0 Å². The summed E-state index contributed by atoms with van der Waals surface area (Å²) in [5, 5.41) is 21.3. The van der Waals surface area contributed by atoms with Gasteiger partial charge in [0.2, 0.25) is 0 Å². The zero-order valence-electron chi connectivity index (χ0n) is 20.7. The molecule has 3 aromatic carbocycles. The zero-order valence-corrected chi connectivity index (χ0v) is 22.4. The quantitative estimate of drug-likeness (QED) is 0.155. The summed E-state index contributed by atoms with van der Waals surface area (Å²) in [6, 6.07) is 30.4. The fraction of sp³-hybridized carbons (Fsp3) is 0.179. The molecule has 0 radical (unpaired) electrons. The molecule has 9 heteroatoms. The second-order valence-corrected chi connectivity index (χ2v) is 16.8. The number of benzene rings is 3.